The lowest BCUT2D eigenvalue weighted by Gasteiger charge is -2.17. The lowest BCUT2D eigenvalue weighted by atomic mass is 10.1. The van der Waals surface area contributed by atoms with Gasteiger partial charge in [0, 0.05) is 11.4 Å². The number of anilines is 1. The number of sulfone groups is 1. The fraction of sp³-hybridized carbons (Fsp3) is 0.222. The highest BCUT2D eigenvalue weighted by atomic mass is 32.2. The van der Waals surface area contributed by atoms with E-state index in [9.17, 15) is 13.2 Å². The molecule has 1 aromatic heterocycles. The molecule has 1 atom stereocenters. The summed E-state index contributed by atoms with van der Waals surface area (Å²) in [6.45, 7) is 5.90. The second kappa shape index (κ2) is 11.1. The van der Waals surface area contributed by atoms with E-state index in [1.807, 2.05) is 69.3 Å². The van der Waals surface area contributed by atoms with Crippen molar-refractivity contribution < 1.29 is 13.2 Å². The van der Waals surface area contributed by atoms with Gasteiger partial charge in [0.1, 0.15) is 5.75 Å². The van der Waals surface area contributed by atoms with Gasteiger partial charge in [0.15, 0.2) is 20.8 Å². The van der Waals surface area contributed by atoms with Crippen molar-refractivity contribution in [3.8, 4) is 5.69 Å². The van der Waals surface area contributed by atoms with Gasteiger partial charge >= 0.3 is 0 Å². The highest BCUT2D eigenvalue weighted by Crippen LogP contribution is 2.30. The van der Waals surface area contributed by atoms with Gasteiger partial charge in [-0.25, -0.2) is 8.42 Å². The third kappa shape index (κ3) is 5.85. The average molecular weight is 521 g/mol. The van der Waals surface area contributed by atoms with Crippen LogP contribution in [0.25, 0.3) is 5.69 Å². The Bertz CT molecular complexity index is 1450. The quantitative estimate of drug-likeness (QED) is 0.298. The number of aryl methyl sites for hydroxylation is 2. The van der Waals surface area contributed by atoms with E-state index in [2.05, 4.69) is 15.5 Å². The third-order valence-corrected chi connectivity index (χ3v) is 8.62. The van der Waals surface area contributed by atoms with Gasteiger partial charge < -0.3 is 5.32 Å². The van der Waals surface area contributed by atoms with Crippen molar-refractivity contribution >= 4 is 33.2 Å². The molecule has 4 aromatic rings. The Kier molecular flexibility index (Phi) is 7.91. The zero-order valence-corrected chi connectivity index (χ0v) is 22.0. The van der Waals surface area contributed by atoms with Crippen molar-refractivity contribution in [1.29, 1.82) is 0 Å². The highest BCUT2D eigenvalue weighted by molar-refractivity contribution is 8.00. The van der Waals surface area contributed by atoms with Crippen LogP contribution in [-0.4, -0.2) is 34.3 Å². The number of amides is 1. The molecule has 1 N–H and O–H groups in total. The Morgan fingerprint density at radius 2 is 1.64 bits per heavy atom. The van der Waals surface area contributed by atoms with Crippen molar-refractivity contribution in [2.24, 2.45) is 0 Å². The number of carbonyl (C=O) groups excluding carboxylic acids is 1. The van der Waals surface area contributed by atoms with Crippen LogP contribution in [0.15, 0.2) is 88.9 Å². The second-order valence-corrected chi connectivity index (χ2v) is 11.6. The van der Waals surface area contributed by atoms with Gasteiger partial charge in [0.25, 0.3) is 0 Å². The van der Waals surface area contributed by atoms with Gasteiger partial charge in [-0.3, -0.25) is 9.36 Å². The summed E-state index contributed by atoms with van der Waals surface area (Å²) in [5.74, 6) is -0.168. The van der Waals surface area contributed by atoms with E-state index >= 15 is 0 Å². The van der Waals surface area contributed by atoms with E-state index in [4.69, 9.17) is 0 Å². The predicted molar refractivity (Wildman–Crippen MR) is 143 cm³/mol. The third-order valence-electron chi connectivity index (χ3n) is 5.69. The number of para-hydroxylation sites is 1. The molecule has 7 nitrogen and oxygen atoms in total. The fourth-order valence-electron chi connectivity index (χ4n) is 3.80. The van der Waals surface area contributed by atoms with E-state index in [1.165, 1.54) is 11.8 Å². The number of hydrogen-bond donors (Lipinski definition) is 1. The number of hydrogen-bond acceptors (Lipinski definition) is 6. The minimum absolute atomic E-state index is 0.143. The Labute approximate surface area is 215 Å². The molecule has 0 saturated carbocycles. The summed E-state index contributed by atoms with van der Waals surface area (Å²) >= 11 is 1.27. The van der Waals surface area contributed by atoms with Crippen LogP contribution >= 0.6 is 11.8 Å². The topological polar surface area (TPSA) is 93.9 Å². The van der Waals surface area contributed by atoms with Crippen molar-refractivity contribution in [2.45, 2.75) is 48.2 Å². The number of aromatic nitrogens is 3. The molecule has 0 aliphatic rings. The SMILES string of the molecule is CCC(Sc1nnc(CS(=O)(=O)c2ccccc2)n1-c1ccccc1)C(=O)Nc1ccc(C)cc1C. The Balaban J connectivity index is 1.64. The summed E-state index contributed by atoms with van der Waals surface area (Å²) in [6, 6.07) is 23.5. The number of benzene rings is 3. The molecule has 1 heterocycles. The minimum Gasteiger partial charge on any atom is -0.325 e. The maximum absolute atomic E-state index is 13.2. The first-order chi connectivity index (χ1) is 17.3. The molecule has 0 fully saturated rings. The molecular weight excluding hydrogens is 492 g/mol. The first-order valence-electron chi connectivity index (χ1n) is 11.6. The first-order valence-corrected chi connectivity index (χ1v) is 14.1. The number of nitrogens with one attached hydrogen (secondary N) is 1. The van der Waals surface area contributed by atoms with Crippen LogP contribution in [0.2, 0.25) is 0 Å². The predicted octanol–water partition coefficient (Wildman–Crippen LogP) is 5.37. The van der Waals surface area contributed by atoms with Crippen LogP contribution in [-0.2, 0) is 20.4 Å². The van der Waals surface area contributed by atoms with Gasteiger partial charge in [-0.1, -0.05) is 72.8 Å². The molecule has 186 valence electrons. The number of nitrogens with zero attached hydrogens (tertiary/aromatic N) is 3. The molecule has 1 unspecified atom stereocenters. The van der Waals surface area contributed by atoms with Crippen molar-refractivity contribution in [3.05, 3.63) is 95.8 Å². The van der Waals surface area contributed by atoms with Crippen LogP contribution < -0.4 is 5.32 Å². The van der Waals surface area contributed by atoms with E-state index in [0.29, 0.717) is 11.6 Å². The molecular formula is C27H28N4O3S2. The molecule has 1 amide bonds. The molecule has 0 aliphatic carbocycles. The number of carbonyl (C=O) groups is 1. The largest absolute Gasteiger partial charge is 0.325 e. The van der Waals surface area contributed by atoms with E-state index in [1.54, 1.807) is 34.9 Å². The molecule has 0 bridgehead atoms. The van der Waals surface area contributed by atoms with Crippen molar-refractivity contribution in [3.63, 3.8) is 0 Å². The maximum Gasteiger partial charge on any atom is 0.237 e. The summed E-state index contributed by atoms with van der Waals surface area (Å²) < 4.78 is 27.9. The van der Waals surface area contributed by atoms with Crippen LogP contribution in [0.1, 0.15) is 30.3 Å². The van der Waals surface area contributed by atoms with E-state index in [-0.39, 0.29) is 22.4 Å². The van der Waals surface area contributed by atoms with E-state index in [0.717, 1.165) is 22.5 Å². The summed E-state index contributed by atoms with van der Waals surface area (Å²) in [6.07, 6.45) is 0.556. The smallest absolute Gasteiger partial charge is 0.237 e. The second-order valence-electron chi connectivity index (χ2n) is 8.46. The van der Waals surface area contributed by atoms with Crippen molar-refractivity contribution in [1.82, 2.24) is 14.8 Å². The lowest BCUT2D eigenvalue weighted by molar-refractivity contribution is -0.115. The molecule has 36 heavy (non-hydrogen) atoms. The van der Waals surface area contributed by atoms with Crippen LogP contribution in [0.4, 0.5) is 5.69 Å². The summed E-state index contributed by atoms with van der Waals surface area (Å²) in [5.41, 5.74) is 3.61. The number of rotatable bonds is 9. The Hall–Kier alpha value is -3.43. The maximum atomic E-state index is 13.2. The van der Waals surface area contributed by atoms with Gasteiger partial charge in [0.2, 0.25) is 5.91 Å². The lowest BCUT2D eigenvalue weighted by Crippen LogP contribution is -2.25. The van der Waals surface area contributed by atoms with E-state index < -0.39 is 15.1 Å². The molecule has 0 radical (unpaired) electrons. The van der Waals surface area contributed by atoms with Crippen LogP contribution in [0.5, 0.6) is 0 Å². The molecule has 4 rings (SSSR count). The van der Waals surface area contributed by atoms with Gasteiger partial charge in [-0.2, -0.15) is 0 Å². The molecule has 9 heteroatoms. The van der Waals surface area contributed by atoms with Gasteiger partial charge in [-0.05, 0) is 56.2 Å². The Morgan fingerprint density at radius 1 is 0.972 bits per heavy atom. The van der Waals surface area contributed by atoms with Crippen LogP contribution in [0, 0.1) is 13.8 Å². The number of thioether (sulfide) groups is 1. The van der Waals surface area contributed by atoms with Gasteiger partial charge in [0.05, 0.1) is 10.1 Å². The monoisotopic (exact) mass is 520 g/mol. The molecule has 0 spiro atoms. The minimum atomic E-state index is -3.64. The highest BCUT2D eigenvalue weighted by Gasteiger charge is 2.26. The first kappa shape index (κ1) is 25.7. The molecule has 3 aromatic carbocycles. The van der Waals surface area contributed by atoms with Crippen LogP contribution in [0.3, 0.4) is 0 Å². The van der Waals surface area contributed by atoms with Crippen molar-refractivity contribution in [2.75, 3.05) is 5.32 Å². The fourth-order valence-corrected chi connectivity index (χ4v) is 6.06. The van der Waals surface area contributed by atoms with Gasteiger partial charge in [-0.15, -0.1) is 10.2 Å². The Morgan fingerprint density at radius 3 is 2.28 bits per heavy atom. The zero-order valence-electron chi connectivity index (χ0n) is 20.4. The molecule has 0 aliphatic heterocycles. The normalized spacial score (nSPS) is 12.3. The summed E-state index contributed by atoms with van der Waals surface area (Å²) in [5, 5.41) is 11.6. The molecule has 0 saturated heterocycles. The average Bonchev–Trinajstić information content (AvgIpc) is 3.26. The summed E-state index contributed by atoms with van der Waals surface area (Å²) in [4.78, 5) is 13.4. The summed E-state index contributed by atoms with van der Waals surface area (Å²) in [7, 11) is -3.64. The standard InChI is InChI=1S/C27H28N4O3S2/c1-4-24(26(32)28-23-16-15-19(2)17-20(23)3)35-27-30-29-25(31(27)21-11-7-5-8-12-21)18-36(33,34)22-13-9-6-10-14-22/h5-17,24H,4,18H2,1-3H3,(H,28,32). The zero-order chi connectivity index (χ0) is 25.7.